The zero-order valence-corrected chi connectivity index (χ0v) is 43.8. The van der Waals surface area contributed by atoms with Gasteiger partial charge in [-0.25, -0.2) is 0 Å². The fourth-order valence-corrected chi connectivity index (χ4v) is 8.81. The molecule has 1 saturated heterocycles. The summed E-state index contributed by atoms with van der Waals surface area (Å²) in [5.74, 6) is 3.81. The van der Waals surface area contributed by atoms with Crippen LogP contribution in [-0.2, 0) is 32.3 Å². The average molecular weight is 1040 g/mol. The third-order valence-electron chi connectivity index (χ3n) is 12.3. The van der Waals surface area contributed by atoms with Crippen molar-refractivity contribution in [3.63, 3.8) is 0 Å². The summed E-state index contributed by atoms with van der Waals surface area (Å²) in [5.41, 5.74) is 8.50. The van der Waals surface area contributed by atoms with Crippen LogP contribution >= 0.6 is 0 Å². The van der Waals surface area contributed by atoms with Crippen LogP contribution in [0.15, 0.2) is 143 Å². The zero-order valence-electron chi connectivity index (χ0n) is 40.2. The van der Waals surface area contributed by atoms with Crippen LogP contribution in [0.3, 0.4) is 0 Å². The van der Waals surface area contributed by atoms with Gasteiger partial charge in [-0.15, -0.1) is 24.3 Å². The number of amidine groups is 1. The molecule has 0 spiro atoms. The molecule has 8 rings (SSSR count). The topological polar surface area (TPSA) is 43.7 Å². The molecule has 2 saturated carbocycles. The van der Waals surface area contributed by atoms with Crippen molar-refractivity contribution >= 4 is 23.2 Å². The van der Waals surface area contributed by atoms with Crippen LogP contribution in [0, 0.1) is 27.9 Å². The molecule has 346 valence electrons. The van der Waals surface area contributed by atoms with Crippen LogP contribution in [0.4, 0.5) is 11.4 Å². The van der Waals surface area contributed by atoms with E-state index in [2.05, 4.69) is 130 Å². The number of aliphatic imine (C=N–C) groups is 2. The number of para-hydroxylation sites is 3. The predicted molar refractivity (Wildman–Crippen MR) is 275 cm³/mol. The minimum absolute atomic E-state index is 0. The summed E-state index contributed by atoms with van der Waals surface area (Å²) < 4.78 is 5.58. The first kappa shape index (κ1) is 52.7. The van der Waals surface area contributed by atoms with Gasteiger partial charge in [0.05, 0.1) is 30.6 Å². The zero-order chi connectivity index (χ0) is 45.7. The first-order valence-electron chi connectivity index (χ1n) is 23.7. The largest absolute Gasteiger partial charge is 0.511 e. The molecule has 0 bridgehead atoms. The van der Waals surface area contributed by atoms with E-state index in [1.165, 1.54) is 92.4 Å². The van der Waals surface area contributed by atoms with Gasteiger partial charge in [0, 0.05) is 57.1 Å². The summed E-state index contributed by atoms with van der Waals surface area (Å²) in [6.45, 7) is 18.2. The van der Waals surface area contributed by atoms with Gasteiger partial charge in [-0.2, -0.15) is 56.3 Å². The number of nitrogens with zero attached hydrogens (tertiary/aromatic N) is 5. The van der Waals surface area contributed by atoms with Crippen LogP contribution in [0.1, 0.15) is 132 Å². The molecule has 6 nitrogen and oxygen atoms in total. The van der Waals surface area contributed by atoms with Crippen molar-refractivity contribution in [3.8, 4) is 5.75 Å². The first-order valence-corrected chi connectivity index (χ1v) is 23.7. The van der Waals surface area contributed by atoms with Crippen molar-refractivity contribution in [1.29, 1.82) is 0 Å². The Hall–Kier alpha value is -4.88. The van der Waals surface area contributed by atoms with Gasteiger partial charge in [0.15, 0.2) is 0 Å². The Balaban J connectivity index is 0.000000218. The van der Waals surface area contributed by atoms with E-state index in [0.29, 0.717) is 23.9 Å². The number of hydrogen-bond acceptors (Lipinski definition) is 3. The summed E-state index contributed by atoms with van der Waals surface area (Å²) in [7, 11) is 10.0. The van der Waals surface area contributed by atoms with Gasteiger partial charge in [-0.3, -0.25) is 12.0 Å². The van der Waals surface area contributed by atoms with Gasteiger partial charge in [0.1, 0.15) is 5.75 Å². The Bertz CT molecular complexity index is 2060. The second-order valence-electron chi connectivity index (χ2n) is 17.8. The Labute approximate surface area is 413 Å². The van der Waals surface area contributed by atoms with E-state index in [1.807, 2.05) is 78.9 Å². The molecule has 5 aromatic rings. The maximum atomic E-state index is 5.58. The summed E-state index contributed by atoms with van der Waals surface area (Å²) >= 11 is 0. The summed E-state index contributed by atoms with van der Waals surface area (Å²) in [6.07, 6.45) is 14.2. The SMILES string of the molecule is [CH2-]N(C(Cc1ccccc1)=NC1CCCCC1)C1CCCCC1.[CH2-]N=C1N(c2ccccc2OC)CCN1c1c(C(C)C)cccc1C(C)C.[CH2-]c1ccccc1.[CH2-]c1ccccc1.[Hf]. The van der Waals surface area contributed by atoms with E-state index in [4.69, 9.17) is 9.73 Å². The number of guanidine groups is 1. The molecule has 3 fully saturated rings. The van der Waals surface area contributed by atoms with Crippen LogP contribution in [-0.4, -0.2) is 49.0 Å². The number of methoxy groups -OCH3 is 1. The fraction of sp³-hybridized carbons (Fsp3) is 0.379. The monoisotopic (exact) mass is 1040 g/mol. The maximum Gasteiger partial charge on any atom is 0.141 e. The van der Waals surface area contributed by atoms with E-state index in [-0.39, 0.29) is 25.8 Å². The number of ether oxygens (including phenoxy) is 1. The van der Waals surface area contributed by atoms with E-state index >= 15 is 0 Å². The first-order chi connectivity index (χ1) is 31.1. The van der Waals surface area contributed by atoms with Crippen molar-refractivity contribution in [2.45, 2.75) is 122 Å². The molecule has 0 unspecified atom stereocenters. The third-order valence-corrected chi connectivity index (χ3v) is 12.3. The molecule has 7 heteroatoms. The van der Waals surface area contributed by atoms with Crippen LogP contribution in [0.5, 0.6) is 5.75 Å². The van der Waals surface area contributed by atoms with Crippen LogP contribution in [0.25, 0.3) is 0 Å². The van der Waals surface area contributed by atoms with Gasteiger partial charge in [0.2, 0.25) is 0 Å². The molecule has 65 heavy (non-hydrogen) atoms. The molecule has 0 radical (unpaired) electrons. The summed E-state index contributed by atoms with van der Waals surface area (Å²) in [5, 5.41) is 0. The number of rotatable bonds is 9. The van der Waals surface area contributed by atoms with Crippen molar-refractivity contribution in [3.05, 3.63) is 189 Å². The minimum Gasteiger partial charge on any atom is -0.511 e. The molecule has 2 aliphatic carbocycles. The molecule has 1 heterocycles. The predicted octanol–water partition coefficient (Wildman–Crippen LogP) is 14.5. The number of hydrogen-bond donors (Lipinski definition) is 0. The second kappa shape index (κ2) is 28.2. The molecule has 0 N–H and O–H groups in total. The summed E-state index contributed by atoms with van der Waals surface area (Å²) in [6, 6.07) is 46.4. The summed E-state index contributed by atoms with van der Waals surface area (Å²) in [4.78, 5) is 16.4. The number of anilines is 2. The Kier molecular flexibility index (Phi) is 22.9. The number of benzene rings is 5. The Morgan fingerprint density at radius 2 is 1.11 bits per heavy atom. The second-order valence-corrected chi connectivity index (χ2v) is 17.8. The van der Waals surface area contributed by atoms with Crippen molar-refractivity contribution < 1.29 is 30.6 Å². The minimum atomic E-state index is 0. The van der Waals surface area contributed by atoms with Gasteiger partial charge in [-0.1, -0.05) is 139 Å². The Morgan fingerprint density at radius 1 is 0.631 bits per heavy atom. The molecule has 3 aliphatic rings. The van der Waals surface area contributed by atoms with Gasteiger partial charge in [-0.05, 0) is 66.3 Å². The molecular formula is C58H75HfN5O-4. The van der Waals surface area contributed by atoms with Gasteiger partial charge in [0.25, 0.3) is 0 Å². The van der Waals surface area contributed by atoms with Crippen molar-refractivity contribution in [2.24, 2.45) is 9.98 Å². The van der Waals surface area contributed by atoms with E-state index in [0.717, 1.165) is 48.0 Å². The van der Waals surface area contributed by atoms with Crippen LogP contribution in [0.2, 0.25) is 0 Å². The molecule has 5 aromatic carbocycles. The van der Waals surface area contributed by atoms with Crippen molar-refractivity contribution in [2.75, 3.05) is 30.0 Å². The molecule has 0 amide bonds. The third kappa shape index (κ3) is 16.2. The van der Waals surface area contributed by atoms with Gasteiger partial charge >= 0.3 is 0 Å². The molecular weight excluding hydrogens is 961 g/mol. The van der Waals surface area contributed by atoms with E-state index in [1.54, 1.807) is 7.11 Å². The van der Waals surface area contributed by atoms with E-state index in [9.17, 15) is 0 Å². The smallest absolute Gasteiger partial charge is 0.141 e. The van der Waals surface area contributed by atoms with Crippen LogP contribution < -0.4 is 14.5 Å². The van der Waals surface area contributed by atoms with E-state index < -0.39 is 0 Å². The Morgan fingerprint density at radius 3 is 1.58 bits per heavy atom. The molecule has 1 aliphatic heterocycles. The average Bonchev–Trinajstić information content (AvgIpc) is 3.76. The maximum absolute atomic E-state index is 5.58. The molecule has 0 aromatic heterocycles. The van der Waals surface area contributed by atoms with Gasteiger partial charge < -0.3 is 24.4 Å². The normalized spacial score (nSPS) is 16.1. The standard InChI is InChI=1S/C23H30N3O.C21H31N2.2C7H7.Hf/c1-16(2)18-10-9-11-19(17(3)4)22(18)26-15-14-25(23(26)24-5)20-12-7-8-13-21(20)27-6;1-23(20-15-9-4-10-16-20)21(17-18-11-5-2-6-12-18)22-19-13-7-3-8-14-19;2*1-7-5-3-2-4-6-7;/h7-13,16-17H,5,14-15H2,1-4,6H3;2,5-6,11-12,19-20H,1,3-4,7-10,13-17H2;2*2-6H,1H2;/q4*-1;. The van der Waals surface area contributed by atoms with Crippen molar-refractivity contribution in [1.82, 2.24) is 4.90 Å². The quantitative estimate of drug-likeness (QED) is 0.0639. The molecule has 0 atom stereocenters. The fourth-order valence-electron chi connectivity index (χ4n) is 8.81.